The summed E-state index contributed by atoms with van der Waals surface area (Å²) in [6.45, 7) is 2.12. The van der Waals surface area contributed by atoms with Gasteiger partial charge < -0.3 is 0 Å². The molecule has 0 unspecified atom stereocenters. The lowest BCUT2D eigenvalue weighted by Gasteiger charge is -2.14. The second-order valence-corrected chi connectivity index (χ2v) is 6.04. The summed E-state index contributed by atoms with van der Waals surface area (Å²) in [6.07, 6.45) is 4.41. The van der Waals surface area contributed by atoms with E-state index >= 15 is 0 Å². The molecular formula is C23H19N3. The van der Waals surface area contributed by atoms with Gasteiger partial charge in [0.1, 0.15) is 0 Å². The van der Waals surface area contributed by atoms with Gasteiger partial charge in [0.05, 0.1) is 22.8 Å². The second kappa shape index (κ2) is 7.28. The van der Waals surface area contributed by atoms with E-state index in [0.29, 0.717) is 0 Å². The maximum absolute atomic E-state index is 5.07. The Balaban J connectivity index is 2.00. The van der Waals surface area contributed by atoms with Gasteiger partial charge in [0.25, 0.3) is 0 Å². The molecule has 26 heavy (non-hydrogen) atoms. The average molecular weight is 337 g/mol. The Labute approximate surface area is 153 Å². The van der Waals surface area contributed by atoms with E-state index in [4.69, 9.17) is 9.97 Å². The van der Waals surface area contributed by atoms with Crippen LogP contribution in [-0.2, 0) is 6.42 Å². The van der Waals surface area contributed by atoms with Crippen LogP contribution in [0.2, 0.25) is 0 Å². The van der Waals surface area contributed by atoms with Crippen LogP contribution in [0.4, 0.5) is 0 Å². The Bertz CT molecular complexity index is 998. The van der Waals surface area contributed by atoms with Gasteiger partial charge in [0, 0.05) is 29.1 Å². The standard InChI is InChI=1S/C23H19N3/c1-2-20-21(19-13-15-24-16-14-19)26-23(18-11-7-4-8-12-18)22(25-20)17-9-5-3-6-10-17/h3-16H,2H2,1H3. The van der Waals surface area contributed by atoms with E-state index in [1.165, 1.54) is 0 Å². The summed E-state index contributed by atoms with van der Waals surface area (Å²) in [5.74, 6) is 0. The minimum Gasteiger partial charge on any atom is -0.265 e. The minimum atomic E-state index is 0.819. The lowest BCUT2D eigenvalue weighted by Crippen LogP contribution is -2.02. The van der Waals surface area contributed by atoms with Gasteiger partial charge in [-0.3, -0.25) is 4.98 Å². The first kappa shape index (κ1) is 16.2. The van der Waals surface area contributed by atoms with Crippen molar-refractivity contribution in [3.63, 3.8) is 0 Å². The van der Waals surface area contributed by atoms with E-state index < -0.39 is 0 Å². The lowest BCUT2D eigenvalue weighted by atomic mass is 10.0. The number of benzene rings is 2. The van der Waals surface area contributed by atoms with Gasteiger partial charge >= 0.3 is 0 Å². The maximum atomic E-state index is 5.07. The first-order valence-corrected chi connectivity index (χ1v) is 8.79. The summed E-state index contributed by atoms with van der Waals surface area (Å²) < 4.78 is 0. The van der Waals surface area contributed by atoms with Crippen LogP contribution in [0.15, 0.2) is 85.2 Å². The third-order valence-electron chi connectivity index (χ3n) is 4.35. The van der Waals surface area contributed by atoms with Crippen LogP contribution in [-0.4, -0.2) is 15.0 Å². The van der Waals surface area contributed by atoms with Crippen LogP contribution >= 0.6 is 0 Å². The molecule has 4 rings (SSSR count). The van der Waals surface area contributed by atoms with Gasteiger partial charge in [-0.15, -0.1) is 0 Å². The van der Waals surface area contributed by atoms with Gasteiger partial charge in [0.2, 0.25) is 0 Å². The number of pyridine rings is 1. The van der Waals surface area contributed by atoms with E-state index in [2.05, 4.69) is 36.2 Å². The molecule has 126 valence electrons. The molecule has 3 nitrogen and oxygen atoms in total. The third-order valence-corrected chi connectivity index (χ3v) is 4.35. The van der Waals surface area contributed by atoms with Crippen LogP contribution in [0, 0.1) is 0 Å². The van der Waals surface area contributed by atoms with E-state index in [0.717, 1.165) is 45.9 Å². The Kier molecular flexibility index (Phi) is 4.52. The van der Waals surface area contributed by atoms with Gasteiger partial charge in [-0.2, -0.15) is 0 Å². The van der Waals surface area contributed by atoms with Crippen molar-refractivity contribution in [1.82, 2.24) is 15.0 Å². The highest BCUT2D eigenvalue weighted by atomic mass is 14.9. The fraction of sp³-hybridized carbons (Fsp3) is 0.0870. The quantitative estimate of drug-likeness (QED) is 0.498. The predicted octanol–water partition coefficient (Wildman–Crippen LogP) is 5.44. The fourth-order valence-electron chi connectivity index (χ4n) is 3.05. The van der Waals surface area contributed by atoms with Crippen molar-refractivity contribution < 1.29 is 0 Å². The Morgan fingerprint density at radius 2 is 1.08 bits per heavy atom. The van der Waals surface area contributed by atoms with Gasteiger partial charge in [-0.1, -0.05) is 67.6 Å². The Hall–Kier alpha value is -3.33. The average Bonchev–Trinajstić information content (AvgIpc) is 2.74. The van der Waals surface area contributed by atoms with E-state index in [1.54, 1.807) is 12.4 Å². The van der Waals surface area contributed by atoms with Crippen LogP contribution in [0.1, 0.15) is 12.6 Å². The third kappa shape index (κ3) is 3.11. The summed E-state index contributed by atoms with van der Waals surface area (Å²) in [7, 11) is 0. The van der Waals surface area contributed by atoms with Crippen molar-refractivity contribution >= 4 is 0 Å². The molecule has 4 aromatic rings. The second-order valence-electron chi connectivity index (χ2n) is 6.04. The summed E-state index contributed by atoms with van der Waals surface area (Å²) in [6, 6.07) is 24.5. The number of rotatable bonds is 4. The Morgan fingerprint density at radius 1 is 0.577 bits per heavy atom. The van der Waals surface area contributed by atoms with Crippen molar-refractivity contribution in [2.75, 3.05) is 0 Å². The molecule has 0 saturated heterocycles. The summed E-state index contributed by atoms with van der Waals surface area (Å²) >= 11 is 0. The summed E-state index contributed by atoms with van der Waals surface area (Å²) in [5, 5.41) is 0. The maximum Gasteiger partial charge on any atom is 0.0973 e. The molecule has 0 atom stereocenters. The summed E-state index contributed by atoms with van der Waals surface area (Å²) in [5.41, 5.74) is 6.93. The molecule has 0 aliphatic heterocycles. The van der Waals surface area contributed by atoms with Crippen molar-refractivity contribution in [2.45, 2.75) is 13.3 Å². The molecule has 3 heteroatoms. The molecule has 0 fully saturated rings. The van der Waals surface area contributed by atoms with Crippen molar-refractivity contribution in [2.24, 2.45) is 0 Å². The molecule has 0 saturated carbocycles. The van der Waals surface area contributed by atoms with Crippen LogP contribution in [0.25, 0.3) is 33.8 Å². The zero-order chi connectivity index (χ0) is 17.8. The zero-order valence-electron chi connectivity index (χ0n) is 14.6. The van der Waals surface area contributed by atoms with Crippen LogP contribution < -0.4 is 0 Å². The molecule has 0 amide bonds. The van der Waals surface area contributed by atoms with E-state index in [1.807, 2.05) is 48.5 Å². The van der Waals surface area contributed by atoms with Crippen molar-refractivity contribution in [1.29, 1.82) is 0 Å². The monoisotopic (exact) mass is 337 g/mol. The number of aromatic nitrogens is 3. The topological polar surface area (TPSA) is 38.7 Å². The number of hydrogen-bond acceptors (Lipinski definition) is 3. The van der Waals surface area contributed by atoms with Crippen molar-refractivity contribution in [3.8, 4) is 33.8 Å². The molecule has 2 heterocycles. The smallest absolute Gasteiger partial charge is 0.0973 e. The number of nitrogens with zero attached hydrogens (tertiary/aromatic N) is 3. The highest BCUT2D eigenvalue weighted by Crippen LogP contribution is 2.32. The number of aryl methyl sites for hydroxylation is 1. The predicted molar refractivity (Wildman–Crippen MR) is 106 cm³/mol. The van der Waals surface area contributed by atoms with E-state index in [-0.39, 0.29) is 0 Å². The molecule has 0 spiro atoms. The molecule has 2 aromatic carbocycles. The first-order valence-electron chi connectivity index (χ1n) is 8.79. The highest BCUT2D eigenvalue weighted by molar-refractivity contribution is 5.80. The Morgan fingerprint density at radius 3 is 1.62 bits per heavy atom. The SMILES string of the molecule is CCc1nc(-c2ccccc2)c(-c2ccccc2)nc1-c1ccncc1. The van der Waals surface area contributed by atoms with Crippen molar-refractivity contribution in [3.05, 3.63) is 90.9 Å². The molecule has 0 aliphatic carbocycles. The van der Waals surface area contributed by atoms with E-state index in [9.17, 15) is 0 Å². The molecule has 2 aromatic heterocycles. The zero-order valence-corrected chi connectivity index (χ0v) is 14.6. The molecule has 0 radical (unpaired) electrons. The van der Waals surface area contributed by atoms with Crippen LogP contribution in [0.5, 0.6) is 0 Å². The van der Waals surface area contributed by atoms with Gasteiger partial charge in [-0.25, -0.2) is 9.97 Å². The molecule has 0 bridgehead atoms. The molecule has 0 aliphatic rings. The van der Waals surface area contributed by atoms with Gasteiger partial charge in [-0.05, 0) is 18.6 Å². The molecule has 0 N–H and O–H groups in total. The minimum absolute atomic E-state index is 0.819. The fourth-order valence-corrected chi connectivity index (χ4v) is 3.05. The number of hydrogen-bond donors (Lipinski definition) is 0. The summed E-state index contributed by atoms with van der Waals surface area (Å²) in [4.78, 5) is 14.2. The van der Waals surface area contributed by atoms with Crippen LogP contribution in [0.3, 0.4) is 0 Å². The highest BCUT2D eigenvalue weighted by Gasteiger charge is 2.16. The largest absolute Gasteiger partial charge is 0.265 e. The molecular weight excluding hydrogens is 318 g/mol. The first-order chi connectivity index (χ1) is 12.9. The lowest BCUT2D eigenvalue weighted by molar-refractivity contribution is 1.01. The van der Waals surface area contributed by atoms with Gasteiger partial charge in [0.15, 0.2) is 0 Å². The normalized spacial score (nSPS) is 10.7.